The highest BCUT2D eigenvalue weighted by Crippen LogP contribution is 2.34. The van der Waals surface area contributed by atoms with Gasteiger partial charge in [0.1, 0.15) is 12.1 Å². The van der Waals surface area contributed by atoms with E-state index in [4.69, 9.17) is 12.2 Å². The second kappa shape index (κ2) is 13.8. The Hall–Kier alpha value is -4.23. The van der Waals surface area contributed by atoms with Crippen LogP contribution < -0.4 is 15.0 Å². The molecule has 4 aromatic rings. The molecule has 1 saturated heterocycles. The molecule has 1 aromatic heterocycles. The van der Waals surface area contributed by atoms with Crippen molar-refractivity contribution in [2.24, 2.45) is 4.99 Å². The quantitative estimate of drug-likeness (QED) is 0.151. The third-order valence-electron chi connectivity index (χ3n) is 6.97. The van der Waals surface area contributed by atoms with Crippen LogP contribution in [0.25, 0.3) is 17.1 Å². The summed E-state index contributed by atoms with van der Waals surface area (Å²) in [7, 11) is 0. The van der Waals surface area contributed by atoms with E-state index in [-0.39, 0.29) is 17.6 Å². The van der Waals surface area contributed by atoms with Crippen LogP contribution in [0.15, 0.2) is 78.0 Å². The van der Waals surface area contributed by atoms with Crippen molar-refractivity contribution in [3.05, 3.63) is 89.7 Å². The van der Waals surface area contributed by atoms with Crippen molar-refractivity contribution in [2.75, 3.05) is 17.2 Å². The first kappa shape index (κ1) is 32.2. The van der Waals surface area contributed by atoms with Crippen LogP contribution in [0.5, 0.6) is 5.75 Å². The van der Waals surface area contributed by atoms with Gasteiger partial charge < -0.3 is 10.1 Å². The number of thioether (sulfide) groups is 1. The molecule has 0 unspecified atom stereocenters. The van der Waals surface area contributed by atoms with E-state index in [1.54, 1.807) is 4.90 Å². The van der Waals surface area contributed by atoms with Gasteiger partial charge in [-0.2, -0.15) is 4.99 Å². The first-order chi connectivity index (χ1) is 21.5. The van der Waals surface area contributed by atoms with Crippen LogP contribution in [-0.2, 0) is 11.2 Å². The molecule has 0 saturated carbocycles. The molecule has 13 heteroatoms. The summed E-state index contributed by atoms with van der Waals surface area (Å²) in [5.41, 5.74) is 5.52. The van der Waals surface area contributed by atoms with Gasteiger partial charge in [0.25, 0.3) is 0 Å². The number of hydrogen-bond acceptors (Lipinski definition) is 6. The topological polar surface area (TPSA) is 84.6 Å². The van der Waals surface area contributed by atoms with Crippen molar-refractivity contribution >= 4 is 45.9 Å². The van der Waals surface area contributed by atoms with Crippen molar-refractivity contribution in [3.8, 4) is 22.8 Å². The van der Waals surface area contributed by atoms with Crippen LogP contribution in [0.2, 0.25) is 0 Å². The monoisotopic (exact) mass is 652 g/mol. The Kier molecular flexibility index (Phi) is 9.88. The third kappa shape index (κ3) is 8.28. The standard InChI is InChI=1S/C32H31F3N6O2S2/c1-20(2)26-15-6-21(3)17-27(26)41-28(42)18-45-31(41)38-30(44)36-16-4-5-22-7-9-23(10-8-22)29-37-19-40(39-29)24-11-13-25(14-12-24)43-32(33,34)35/h6-15,17,19-20H,4-5,16,18H2,1-3H3,(H,36,44)/b38-31-. The molecule has 0 aliphatic carbocycles. The molecule has 1 fully saturated rings. The lowest BCUT2D eigenvalue weighted by Gasteiger charge is -2.22. The zero-order valence-electron chi connectivity index (χ0n) is 24.8. The first-order valence-corrected chi connectivity index (χ1v) is 15.7. The zero-order chi connectivity index (χ0) is 32.1. The number of aromatic nitrogens is 3. The van der Waals surface area contributed by atoms with Crippen LogP contribution >= 0.6 is 24.0 Å². The van der Waals surface area contributed by atoms with Gasteiger partial charge in [-0.05, 0) is 84.9 Å². The number of aliphatic imine (C=N–C) groups is 1. The molecule has 1 aliphatic rings. The Morgan fingerprint density at radius 2 is 1.84 bits per heavy atom. The lowest BCUT2D eigenvalue weighted by atomic mass is 9.99. The Balaban J connectivity index is 1.13. The van der Waals surface area contributed by atoms with Crippen LogP contribution in [0.1, 0.15) is 42.9 Å². The Labute approximate surface area is 268 Å². The second-order valence-electron chi connectivity index (χ2n) is 10.7. The average molecular weight is 653 g/mol. The lowest BCUT2D eigenvalue weighted by Crippen LogP contribution is -2.32. The molecule has 0 radical (unpaired) electrons. The molecule has 0 atom stereocenters. The van der Waals surface area contributed by atoms with Crippen molar-refractivity contribution in [2.45, 2.75) is 45.9 Å². The maximum absolute atomic E-state index is 12.8. The number of carbonyl (C=O) groups excluding carboxylic acids is 1. The molecule has 0 bridgehead atoms. The number of halogens is 3. The van der Waals surface area contributed by atoms with E-state index in [0.29, 0.717) is 34.1 Å². The molecule has 0 spiro atoms. The maximum Gasteiger partial charge on any atom is 0.573 e. The molecule has 45 heavy (non-hydrogen) atoms. The van der Waals surface area contributed by atoms with Gasteiger partial charge in [0.15, 0.2) is 16.1 Å². The van der Waals surface area contributed by atoms with E-state index in [2.05, 4.69) is 51.1 Å². The molecular formula is C32H31F3N6O2S2. The average Bonchev–Trinajstić information content (AvgIpc) is 3.62. The predicted molar refractivity (Wildman–Crippen MR) is 175 cm³/mol. The number of alkyl halides is 3. The van der Waals surface area contributed by atoms with Crippen molar-refractivity contribution < 1.29 is 22.7 Å². The molecule has 234 valence electrons. The van der Waals surface area contributed by atoms with Crippen molar-refractivity contribution in [1.82, 2.24) is 20.1 Å². The molecule has 1 N–H and O–H groups in total. The summed E-state index contributed by atoms with van der Waals surface area (Å²) in [6.07, 6.45) is -1.62. The second-order valence-corrected chi connectivity index (χ2v) is 12.0. The summed E-state index contributed by atoms with van der Waals surface area (Å²) in [5, 5.41) is 8.57. The Morgan fingerprint density at radius 3 is 2.53 bits per heavy atom. The number of hydrogen-bond donors (Lipinski definition) is 1. The zero-order valence-corrected chi connectivity index (χ0v) is 26.5. The van der Waals surface area contributed by atoms with Crippen molar-refractivity contribution in [3.63, 3.8) is 0 Å². The SMILES string of the molecule is Cc1ccc(C(C)C)c(N2C(=O)CS/C2=N\C(=S)NCCCc2ccc(-c3ncn(-c4ccc(OC(F)(F)F)cc4)n3)cc2)c1. The maximum atomic E-state index is 12.8. The van der Waals surface area contributed by atoms with Crippen LogP contribution in [0.4, 0.5) is 18.9 Å². The van der Waals surface area contributed by atoms with Gasteiger partial charge in [-0.15, -0.1) is 18.3 Å². The molecule has 2 heterocycles. The van der Waals surface area contributed by atoms with Crippen LogP contribution in [-0.4, -0.2) is 49.6 Å². The number of thiocarbonyl (C=S) groups is 1. The number of benzene rings is 3. The third-order valence-corrected chi connectivity index (χ3v) is 8.13. The van der Waals surface area contributed by atoms with E-state index < -0.39 is 6.36 Å². The summed E-state index contributed by atoms with van der Waals surface area (Å²) in [4.78, 5) is 23.4. The highest BCUT2D eigenvalue weighted by Gasteiger charge is 2.32. The van der Waals surface area contributed by atoms with Gasteiger partial charge in [0.05, 0.1) is 17.1 Å². The van der Waals surface area contributed by atoms with E-state index in [1.165, 1.54) is 47.0 Å². The Morgan fingerprint density at radius 1 is 1.11 bits per heavy atom. The van der Waals surface area contributed by atoms with E-state index >= 15 is 0 Å². The number of rotatable bonds is 9. The summed E-state index contributed by atoms with van der Waals surface area (Å²) >= 11 is 6.88. The number of nitrogens with one attached hydrogen (secondary N) is 1. The number of ether oxygens (including phenoxy) is 1. The number of nitrogens with zero attached hydrogens (tertiary/aromatic N) is 5. The number of anilines is 1. The predicted octanol–water partition coefficient (Wildman–Crippen LogP) is 7.21. The fourth-order valence-corrected chi connectivity index (χ4v) is 5.89. The fraction of sp³-hybridized carbons (Fsp3) is 0.281. The minimum Gasteiger partial charge on any atom is -0.406 e. The fourth-order valence-electron chi connectivity index (χ4n) is 4.77. The molecule has 1 amide bonds. The van der Waals surface area contributed by atoms with Crippen LogP contribution in [0, 0.1) is 6.92 Å². The van der Waals surface area contributed by atoms with Gasteiger partial charge in [0.2, 0.25) is 5.91 Å². The lowest BCUT2D eigenvalue weighted by molar-refractivity contribution is -0.274. The van der Waals surface area contributed by atoms with Gasteiger partial charge in [-0.25, -0.2) is 9.67 Å². The van der Waals surface area contributed by atoms with Gasteiger partial charge in [-0.3, -0.25) is 9.69 Å². The number of amidine groups is 1. The number of amides is 1. The van der Waals surface area contributed by atoms with E-state index in [9.17, 15) is 18.0 Å². The van der Waals surface area contributed by atoms with E-state index in [1.807, 2.05) is 37.3 Å². The largest absolute Gasteiger partial charge is 0.573 e. The highest BCUT2D eigenvalue weighted by atomic mass is 32.2. The summed E-state index contributed by atoms with van der Waals surface area (Å²) in [6.45, 7) is 6.84. The molecular weight excluding hydrogens is 622 g/mol. The van der Waals surface area contributed by atoms with Crippen LogP contribution in [0.3, 0.4) is 0 Å². The molecule has 5 rings (SSSR count). The normalized spacial score (nSPS) is 14.4. The molecule has 3 aromatic carbocycles. The summed E-state index contributed by atoms with van der Waals surface area (Å²) in [5.74, 6) is 0.762. The summed E-state index contributed by atoms with van der Waals surface area (Å²) < 4.78 is 42.6. The smallest absolute Gasteiger partial charge is 0.406 e. The van der Waals surface area contributed by atoms with Gasteiger partial charge in [-0.1, -0.05) is 62.0 Å². The molecule has 1 aliphatic heterocycles. The van der Waals surface area contributed by atoms with Gasteiger partial charge >= 0.3 is 6.36 Å². The highest BCUT2D eigenvalue weighted by molar-refractivity contribution is 8.15. The minimum absolute atomic E-state index is 0.00641. The number of carbonyl (C=O) groups is 1. The minimum atomic E-state index is -4.74. The van der Waals surface area contributed by atoms with Crippen molar-refractivity contribution in [1.29, 1.82) is 0 Å². The van der Waals surface area contributed by atoms with Gasteiger partial charge in [0, 0.05) is 12.1 Å². The van der Waals surface area contributed by atoms with E-state index in [0.717, 1.165) is 40.8 Å². The molecule has 8 nitrogen and oxygen atoms in total. The first-order valence-electron chi connectivity index (χ1n) is 14.3. The summed E-state index contributed by atoms with van der Waals surface area (Å²) in [6, 6.07) is 19.4. The Bertz CT molecular complexity index is 1700. The number of aryl methyl sites for hydroxylation is 2.